The number of benzene rings is 1. The van der Waals surface area contributed by atoms with E-state index in [0.717, 1.165) is 0 Å². The van der Waals surface area contributed by atoms with Crippen LogP contribution in [0.4, 0.5) is 0 Å². The van der Waals surface area contributed by atoms with Gasteiger partial charge in [-0.1, -0.05) is 20.8 Å². The van der Waals surface area contributed by atoms with Gasteiger partial charge >= 0.3 is 0 Å². The molecule has 0 atom stereocenters. The zero-order valence-corrected chi connectivity index (χ0v) is 15.3. The van der Waals surface area contributed by atoms with E-state index < -0.39 is 15.6 Å². The van der Waals surface area contributed by atoms with Gasteiger partial charge in [0.2, 0.25) is 10.0 Å². The van der Waals surface area contributed by atoms with Crippen LogP contribution in [0.1, 0.15) is 41.0 Å². The van der Waals surface area contributed by atoms with Crippen molar-refractivity contribution in [1.82, 2.24) is 4.72 Å². The van der Waals surface area contributed by atoms with Gasteiger partial charge in [-0.05, 0) is 37.8 Å². The van der Waals surface area contributed by atoms with Gasteiger partial charge in [0.05, 0.1) is 14.2 Å². The molecule has 0 aliphatic carbocycles. The Morgan fingerprint density at radius 1 is 1.05 bits per heavy atom. The predicted octanol–water partition coefficient (Wildman–Crippen LogP) is 3.20. The molecule has 5 nitrogen and oxygen atoms in total. The molecule has 1 aromatic rings. The molecule has 6 heteroatoms. The van der Waals surface area contributed by atoms with Gasteiger partial charge in [-0.3, -0.25) is 0 Å². The average Bonchev–Trinajstić information content (AvgIpc) is 2.33. The van der Waals surface area contributed by atoms with Gasteiger partial charge in [0, 0.05) is 11.6 Å². The van der Waals surface area contributed by atoms with Crippen LogP contribution in [0.2, 0.25) is 0 Å². The molecule has 1 N–H and O–H groups in total. The molecule has 0 unspecified atom stereocenters. The van der Waals surface area contributed by atoms with Crippen LogP contribution in [0.3, 0.4) is 0 Å². The van der Waals surface area contributed by atoms with Crippen molar-refractivity contribution in [1.29, 1.82) is 0 Å². The summed E-state index contributed by atoms with van der Waals surface area (Å²) in [5.41, 5.74) is -0.574. The van der Waals surface area contributed by atoms with E-state index in [-0.39, 0.29) is 10.3 Å². The first kappa shape index (κ1) is 18.8. The highest BCUT2D eigenvalue weighted by Crippen LogP contribution is 2.32. The van der Waals surface area contributed by atoms with Crippen LogP contribution in [0, 0.1) is 5.41 Å². The summed E-state index contributed by atoms with van der Waals surface area (Å²) in [6, 6.07) is 4.72. The van der Waals surface area contributed by atoms with Crippen molar-refractivity contribution in [2.45, 2.75) is 51.5 Å². The summed E-state index contributed by atoms with van der Waals surface area (Å²) in [6.07, 6.45) is 0.700. The molecule has 0 aromatic heterocycles. The standard InChI is InChI=1S/C16H27NO4S/c1-15(2,3)11-16(4,5)17-22(18,19)14-10-12(20-6)8-9-13(14)21-7/h8-10,17H,11H2,1-7H3. The lowest BCUT2D eigenvalue weighted by Gasteiger charge is -2.33. The molecule has 0 spiro atoms. The number of methoxy groups -OCH3 is 2. The van der Waals surface area contributed by atoms with Crippen molar-refractivity contribution in [3.05, 3.63) is 18.2 Å². The van der Waals surface area contributed by atoms with Crippen LogP contribution < -0.4 is 14.2 Å². The molecule has 0 aliphatic heterocycles. The van der Waals surface area contributed by atoms with Gasteiger partial charge < -0.3 is 9.47 Å². The van der Waals surface area contributed by atoms with Gasteiger partial charge in [0.25, 0.3) is 0 Å². The third-order valence-electron chi connectivity index (χ3n) is 3.04. The Labute approximate surface area is 134 Å². The molecule has 22 heavy (non-hydrogen) atoms. The van der Waals surface area contributed by atoms with Crippen LogP contribution >= 0.6 is 0 Å². The summed E-state index contributed by atoms with van der Waals surface area (Å²) in [4.78, 5) is 0.0799. The van der Waals surface area contributed by atoms with Crippen LogP contribution in [-0.2, 0) is 10.0 Å². The largest absolute Gasteiger partial charge is 0.497 e. The Hall–Kier alpha value is -1.27. The van der Waals surface area contributed by atoms with Crippen molar-refractivity contribution < 1.29 is 17.9 Å². The minimum atomic E-state index is -3.72. The van der Waals surface area contributed by atoms with Gasteiger partial charge in [-0.15, -0.1) is 0 Å². The Balaban J connectivity index is 3.19. The number of hydrogen-bond acceptors (Lipinski definition) is 4. The number of nitrogens with one attached hydrogen (secondary N) is 1. The second kappa shape index (κ2) is 6.46. The highest BCUT2D eigenvalue weighted by molar-refractivity contribution is 7.89. The maximum absolute atomic E-state index is 12.7. The van der Waals surface area contributed by atoms with Gasteiger partial charge in [-0.2, -0.15) is 0 Å². The van der Waals surface area contributed by atoms with E-state index in [1.54, 1.807) is 12.1 Å². The van der Waals surface area contributed by atoms with Gasteiger partial charge in [-0.25, -0.2) is 13.1 Å². The Kier molecular flexibility index (Phi) is 5.51. The minimum Gasteiger partial charge on any atom is -0.497 e. The van der Waals surface area contributed by atoms with Crippen molar-refractivity contribution >= 4 is 10.0 Å². The fourth-order valence-corrected chi connectivity index (χ4v) is 4.37. The van der Waals surface area contributed by atoms with Crippen LogP contribution in [0.25, 0.3) is 0 Å². The molecule has 0 fully saturated rings. The molecule has 0 heterocycles. The molecule has 0 aliphatic rings. The maximum Gasteiger partial charge on any atom is 0.244 e. The highest BCUT2D eigenvalue weighted by Gasteiger charge is 2.32. The summed E-state index contributed by atoms with van der Waals surface area (Å²) >= 11 is 0. The third-order valence-corrected chi connectivity index (χ3v) is 4.76. The normalized spacial score (nSPS) is 13.0. The lowest BCUT2D eigenvalue weighted by molar-refractivity contribution is 0.269. The zero-order valence-electron chi connectivity index (χ0n) is 14.5. The Morgan fingerprint density at radius 2 is 1.64 bits per heavy atom. The fourth-order valence-electron chi connectivity index (χ4n) is 2.77. The van der Waals surface area contributed by atoms with E-state index >= 15 is 0 Å². The van der Waals surface area contributed by atoms with Gasteiger partial charge in [0.1, 0.15) is 16.4 Å². The first-order valence-electron chi connectivity index (χ1n) is 7.16. The lowest BCUT2D eigenvalue weighted by atomic mass is 9.82. The van der Waals surface area contributed by atoms with E-state index in [1.165, 1.54) is 20.3 Å². The van der Waals surface area contributed by atoms with Crippen LogP contribution in [0.15, 0.2) is 23.1 Å². The summed E-state index contributed by atoms with van der Waals surface area (Å²) in [6.45, 7) is 9.99. The van der Waals surface area contributed by atoms with E-state index in [2.05, 4.69) is 25.5 Å². The SMILES string of the molecule is COc1ccc(OC)c(S(=O)(=O)NC(C)(C)CC(C)(C)C)c1. The number of rotatable bonds is 6. The number of sulfonamides is 1. The van der Waals surface area contributed by atoms with Crippen LogP contribution in [-0.4, -0.2) is 28.2 Å². The fraction of sp³-hybridized carbons (Fsp3) is 0.625. The van der Waals surface area contributed by atoms with E-state index in [1.807, 2.05) is 13.8 Å². The number of ether oxygens (including phenoxy) is 2. The molecule has 1 rings (SSSR count). The number of hydrogen-bond donors (Lipinski definition) is 1. The smallest absolute Gasteiger partial charge is 0.244 e. The Morgan fingerprint density at radius 3 is 2.09 bits per heavy atom. The zero-order chi connectivity index (χ0) is 17.2. The lowest BCUT2D eigenvalue weighted by Crippen LogP contribution is -2.45. The molecule has 0 bridgehead atoms. The van der Waals surface area contributed by atoms with Crippen molar-refractivity contribution in [2.75, 3.05) is 14.2 Å². The second-order valence-electron chi connectivity index (χ2n) is 7.24. The van der Waals surface area contributed by atoms with Crippen molar-refractivity contribution in [2.24, 2.45) is 5.41 Å². The summed E-state index contributed by atoms with van der Waals surface area (Å²) in [5, 5.41) is 0. The molecule has 0 saturated heterocycles. The first-order valence-corrected chi connectivity index (χ1v) is 8.64. The second-order valence-corrected chi connectivity index (χ2v) is 8.89. The van der Waals surface area contributed by atoms with Crippen molar-refractivity contribution in [3.8, 4) is 11.5 Å². The molecular formula is C16H27NO4S. The van der Waals surface area contributed by atoms with Crippen LogP contribution in [0.5, 0.6) is 11.5 Å². The van der Waals surface area contributed by atoms with E-state index in [4.69, 9.17) is 9.47 Å². The molecular weight excluding hydrogens is 302 g/mol. The topological polar surface area (TPSA) is 64.6 Å². The summed E-state index contributed by atoms with van der Waals surface area (Å²) in [5.74, 6) is 0.759. The highest BCUT2D eigenvalue weighted by atomic mass is 32.2. The maximum atomic E-state index is 12.7. The third kappa shape index (κ3) is 5.18. The van der Waals surface area contributed by atoms with Crippen molar-refractivity contribution in [3.63, 3.8) is 0 Å². The molecule has 0 radical (unpaired) electrons. The first-order chi connectivity index (χ1) is 9.90. The molecule has 126 valence electrons. The average molecular weight is 329 g/mol. The predicted molar refractivity (Wildman–Crippen MR) is 88.0 cm³/mol. The minimum absolute atomic E-state index is 0.00445. The molecule has 1 aromatic carbocycles. The summed E-state index contributed by atoms with van der Waals surface area (Å²) < 4.78 is 38.5. The van der Waals surface area contributed by atoms with Gasteiger partial charge in [0.15, 0.2) is 0 Å². The summed E-state index contributed by atoms with van der Waals surface area (Å²) in [7, 11) is -0.780. The van der Waals surface area contributed by atoms with E-state index in [0.29, 0.717) is 17.9 Å². The monoisotopic (exact) mass is 329 g/mol. The quantitative estimate of drug-likeness (QED) is 0.870. The Bertz CT molecular complexity index is 616. The molecule has 0 saturated carbocycles. The molecule has 0 amide bonds. The van der Waals surface area contributed by atoms with E-state index in [9.17, 15) is 8.42 Å².